The van der Waals surface area contributed by atoms with Crippen LogP contribution in [-0.4, -0.2) is 24.2 Å². The first-order valence-corrected chi connectivity index (χ1v) is 11.9. The van der Waals surface area contributed by atoms with Gasteiger partial charge in [-0.1, -0.05) is 42.0 Å². The summed E-state index contributed by atoms with van der Waals surface area (Å²) in [5.41, 5.74) is 3.67. The highest BCUT2D eigenvalue weighted by molar-refractivity contribution is 14.1. The average molecular weight is 562 g/mol. The number of hydrogen-bond donors (Lipinski definition) is 1. The summed E-state index contributed by atoms with van der Waals surface area (Å²) in [6.07, 6.45) is 4.99. The highest BCUT2D eigenvalue weighted by atomic mass is 127. The standard InChI is InChI=1S/C27H23IN4O2/c1-17-5-4-6-18(11-17)22-13-25(33)32(3)26-23(22)12-20(14-30-26)27(34,24-15-29-16-31(24)2)19-7-9-21(28)10-8-19/h4-16,34H,1-3H3/t27-/m1/s1. The molecular formula is C27H23IN4O2. The first-order chi connectivity index (χ1) is 16.3. The molecule has 3 aromatic heterocycles. The van der Waals surface area contributed by atoms with Gasteiger partial charge in [-0.25, -0.2) is 9.97 Å². The molecule has 0 aliphatic rings. The van der Waals surface area contributed by atoms with E-state index in [1.807, 2.05) is 73.1 Å². The fourth-order valence-corrected chi connectivity index (χ4v) is 4.79. The molecule has 1 N–H and O–H groups in total. The van der Waals surface area contributed by atoms with Crippen LogP contribution in [0.4, 0.5) is 0 Å². The maximum atomic E-state index is 12.7. The van der Waals surface area contributed by atoms with Gasteiger partial charge < -0.3 is 9.67 Å². The number of aryl methyl sites for hydroxylation is 3. The number of nitrogens with zero attached hydrogens (tertiary/aromatic N) is 4. The van der Waals surface area contributed by atoms with Gasteiger partial charge in [-0.2, -0.15) is 0 Å². The van der Waals surface area contributed by atoms with E-state index in [0.29, 0.717) is 22.5 Å². The normalized spacial score (nSPS) is 13.2. The van der Waals surface area contributed by atoms with Gasteiger partial charge in [-0.15, -0.1) is 0 Å². The summed E-state index contributed by atoms with van der Waals surface area (Å²) in [6, 6.07) is 19.4. The van der Waals surface area contributed by atoms with E-state index >= 15 is 0 Å². The number of imidazole rings is 1. The summed E-state index contributed by atoms with van der Waals surface area (Å²) in [5.74, 6) is 0. The zero-order chi connectivity index (χ0) is 24.0. The highest BCUT2D eigenvalue weighted by Gasteiger charge is 2.37. The predicted octanol–water partition coefficient (Wildman–Crippen LogP) is 4.53. The molecule has 0 amide bonds. The van der Waals surface area contributed by atoms with Crippen LogP contribution >= 0.6 is 22.6 Å². The van der Waals surface area contributed by atoms with Gasteiger partial charge in [0, 0.05) is 40.9 Å². The molecule has 5 rings (SSSR count). The molecule has 0 unspecified atom stereocenters. The summed E-state index contributed by atoms with van der Waals surface area (Å²) >= 11 is 2.25. The molecule has 0 aliphatic carbocycles. The van der Waals surface area contributed by atoms with Crippen molar-refractivity contribution in [3.05, 3.63) is 116 Å². The van der Waals surface area contributed by atoms with Gasteiger partial charge in [0.15, 0.2) is 5.60 Å². The number of hydrogen-bond acceptors (Lipinski definition) is 4. The Hall–Kier alpha value is -3.30. The van der Waals surface area contributed by atoms with Crippen molar-refractivity contribution in [2.75, 3.05) is 0 Å². The van der Waals surface area contributed by atoms with Gasteiger partial charge in [0.05, 0.1) is 18.2 Å². The summed E-state index contributed by atoms with van der Waals surface area (Å²) < 4.78 is 4.42. The van der Waals surface area contributed by atoms with Crippen LogP contribution < -0.4 is 5.56 Å². The summed E-state index contributed by atoms with van der Waals surface area (Å²) in [7, 11) is 3.57. The van der Waals surface area contributed by atoms with Gasteiger partial charge in [0.2, 0.25) is 0 Å². The van der Waals surface area contributed by atoms with E-state index in [1.54, 1.807) is 31.8 Å². The second kappa shape index (κ2) is 8.48. The Labute approximate surface area is 210 Å². The Morgan fingerprint density at radius 1 is 0.971 bits per heavy atom. The predicted molar refractivity (Wildman–Crippen MR) is 142 cm³/mol. The molecule has 2 aromatic carbocycles. The summed E-state index contributed by atoms with van der Waals surface area (Å²) in [6.45, 7) is 2.02. The van der Waals surface area contributed by atoms with Crippen molar-refractivity contribution in [1.82, 2.24) is 19.1 Å². The van der Waals surface area contributed by atoms with Crippen LogP contribution in [0.5, 0.6) is 0 Å². The Morgan fingerprint density at radius 2 is 1.74 bits per heavy atom. The first kappa shape index (κ1) is 22.5. The Balaban J connectivity index is 1.84. The van der Waals surface area contributed by atoms with Crippen molar-refractivity contribution in [3.8, 4) is 11.1 Å². The fourth-order valence-electron chi connectivity index (χ4n) is 4.43. The quantitative estimate of drug-likeness (QED) is 0.327. The molecule has 6 nitrogen and oxygen atoms in total. The molecule has 34 heavy (non-hydrogen) atoms. The lowest BCUT2D eigenvalue weighted by molar-refractivity contribution is 0.117. The molecule has 7 heteroatoms. The van der Waals surface area contributed by atoms with E-state index in [-0.39, 0.29) is 5.56 Å². The van der Waals surface area contributed by atoms with E-state index in [9.17, 15) is 9.90 Å². The lowest BCUT2D eigenvalue weighted by Gasteiger charge is -2.30. The lowest BCUT2D eigenvalue weighted by atomic mass is 9.83. The number of pyridine rings is 2. The van der Waals surface area contributed by atoms with E-state index in [4.69, 9.17) is 0 Å². The zero-order valence-electron chi connectivity index (χ0n) is 19.0. The van der Waals surface area contributed by atoms with Gasteiger partial charge in [0.1, 0.15) is 5.65 Å². The van der Waals surface area contributed by atoms with Crippen LogP contribution in [0, 0.1) is 10.5 Å². The minimum Gasteiger partial charge on any atom is -0.374 e. The van der Waals surface area contributed by atoms with E-state index in [0.717, 1.165) is 25.6 Å². The minimum absolute atomic E-state index is 0.135. The maximum Gasteiger partial charge on any atom is 0.252 e. The fraction of sp³-hybridized carbons (Fsp3) is 0.148. The van der Waals surface area contributed by atoms with Crippen molar-refractivity contribution in [2.45, 2.75) is 12.5 Å². The van der Waals surface area contributed by atoms with Crippen molar-refractivity contribution in [3.63, 3.8) is 0 Å². The third kappa shape index (κ3) is 3.65. The molecule has 0 saturated heterocycles. The molecule has 0 aliphatic heterocycles. The number of halogens is 1. The molecule has 0 bridgehead atoms. The third-order valence-corrected chi connectivity index (χ3v) is 6.99. The van der Waals surface area contributed by atoms with E-state index in [2.05, 4.69) is 32.6 Å². The van der Waals surface area contributed by atoms with Crippen molar-refractivity contribution in [2.24, 2.45) is 14.1 Å². The molecule has 0 saturated carbocycles. The van der Waals surface area contributed by atoms with Crippen LogP contribution in [0.3, 0.4) is 0 Å². The molecule has 170 valence electrons. The molecule has 0 radical (unpaired) electrons. The zero-order valence-corrected chi connectivity index (χ0v) is 21.2. The van der Waals surface area contributed by atoms with Crippen LogP contribution in [0.2, 0.25) is 0 Å². The van der Waals surface area contributed by atoms with Crippen LogP contribution in [0.15, 0.2) is 84.2 Å². The molecule has 0 spiro atoms. The SMILES string of the molecule is Cc1cccc(-c2cc(=O)n(C)c3ncc([C@](O)(c4ccc(I)cc4)c4cncn4C)cc23)c1. The smallest absolute Gasteiger partial charge is 0.252 e. The molecule has 5 aromatic rings. The van der Waals surface area contributed by atoms with E-state index < -0.39 is 5.60 Å². The molecular weight excluding hydrogens is 539 g/mol. The van der Waals surface area contributed by atoms with Gasteiger partial charge in [-0.05, 0) is 64.4 Å². The number of rotatable bonds is 4. The maximum absolute atomic E-state index is 12.7. The molecule has 3 heterocycles. The van der Waals surface area contributed by atoms with E-state index in [1.165, 1.54) is 4.57 Å². The van der Waals surface area contributed by atoms with Crippen LogP contribution in [0.1, 0.15) is 22.4 Å². The van der Waals surface area contributed by atoms with Gasteiger partial charge >= 0.3 is 0 Å². The van der Waals surface area contributed by atoms with Gasteiger partial charge in [-0.3, -0.25) is 9.36 Å². The number of fused-ring (bicyclic) bond motifs is 1. The van der Waals surface area contributed by atoms with Gasteiger partial charge in [0.25, 0.3) is 5.56 Å². The third-order valence-electron chi connectivity index (χ3n) is 6.27. The topological polar surface area (TPSA) is 72.9 Å². The lowest BCUT2D eigenvalue weighted by Crippen LogP contribution is -2.31. The largest absolute Gasteiger partial charge is 0.374 e. The number of benzene rings is 2. The Bertz CT molecular complexity index is 1590. The van der Waals surface area contributed by atoms with Crippen molar-refractivity contribution >= 4 is 33.6 Å². The van der Waals surface area contributed by atoms with Crippen molar-refractivity contribution < 1.29 is 5.11 Å². The van der Waals surface area contributed by atoms with Crippen molar-refractivity contribution in [1.29, 1.82) is 0 Å². The second-order valence-electron chi connectivity index (χ2n) is 8.53. The summed E-state index contributed by atoms with van der Waals surface area (Å²) in [5, 5.41) is 13.1. The molecule has 0 fully saturated rings. The Morgan fingerprint density at radius 3 is 2.41 bits per heavy atom. The average Bonchev–Trinajstić information content (AvgIpc) is 3.27. The summed E-state index contributed by atoms with van der Waals surface area (Å²) in [4.78, 5) is 21.7. The second-order valence-corrected chi connectivity index (χ2v) is 9.77. The monoisotopic (exact) mass is 562 g/mol. The Kier molecular flexibility index (Phi) is 5.61. The number of aromatic nitrogens is 4. The van der Waals surface area contributed by atoms with Crippen LogP contribution in [0.25, 0.3) is 22.2 Å². The van der Waals surface area contributed by atoms with Crippen LogP contribution in [-0.2, 0) is 19.7 Å². The molecule has 1 atom stereocenters. The highest BCUT2D eigenvalue weighted by Crippen LogP contribution is 2.38. The minimum atomic E-state index is -1.49. The number of aliphatic hydroxyl groups is 1. The first-order valence-electron chi connectivity index (χ1n) is 10.8.